The number of anilines is 1. The van der Waals surface area contributed by atoms with Gasteiger partial charge in [-0.15, -0.1) is 0 Å². The van der Waals surface area contributed by atoms with Crippen LogP contribution in [0.5, 0.6) is 5.75 Å². The second-order valence-electron chi connectivity index (χ2n) is 5.63. The first-order valence-electron chi connectivity index (χ1n) is 7.63. The molecule has 0 saturated heterocycles. The smallest absolute Gasteiger partial charge is 0.292 e. The molecule has 7 heteroatoms. The highest BCUT2D eigenvalue weighted by molar-refractivity contribution is 5.82. The normalized spacial score (nSPS) is 15.6. The predicted octanol–water partition coefficient (Wildman–Crippen LogP) is 2.52. The van der Waals surface area contributed by atoms with Gasteiger partial charge in [-0.3, -0.25) is 14.9 Å². The van der Waals surface area contributed by atoms with Gasteiger partial charge in [-0.2, -0.15) is 0 Å². The lowest BCUT2D eigenvalue weighted by atomic mass is 10.1. The van der Waals surface area contributed by atoms with Crippen LogP contribution in [-0.2, 0) is 11.2 Å². The summed E-state index contributed by atoms with van der Waals surface area (Å²) in [6.45, 7) is -0.0600. The number of phenolic OH excluding ortho intramolecular Hbond substituents is 1. The standard InChI is InChI=1S/C17H17N3O4/c21-16-7-3-4-11-12(16)8-9-13(11)19-17(22)10-18-14-5-1-2-6-15(14)20(23)24/h1-7,13,18,21H,8-10H2,(H,19,22). The van der Waals surface area contributed by atoms with E-state index >= 15 is 0 Å². The summed E-state index contributed by atoms with van der Waals surface area (Å²) in [5.41, 5.74) is 2.03. The SMILES string of the molecule is O=C(CNc1ccccc1[N+](=O)[O-])NC1CCc2c(O)cccc21. The number of carbonyl (C=O) groups excluding carboxylic acids is 1. The molecule has 2 aromatic carbocycles. The van der Waals surface area contributed by atoms with Gasteiger partial charge in [0.25, 0.3) is 5.69 Å². The molecule has 0 aromatic heterocycles. The van der Waals surface area contributed by atoms with Crippen LogP contribution in [0.15, 0.2) is 42.5 Å². The Labute approximate surface area is 138 Å². The van der Waals surface area contributed by atoms with Gasteiger partial charge in [0.1, 0.15) is 11.4 Å². The summed E-state index contributed by atoms with van der Waals surface area (Å²) >= 11 is 0. The lowest BCUT2D eigenvalue weighted by Gasteiger charge is -2.15. The van der Waals surface area contributed by atoms with Gasteiger partial charge in [-0.05, 0) is 36.1 Å². The first-order chi connectivity index (χ1) is 11.6. The van der Waals surface area contributed by atoms with Gasteiger partial charge in [0.15, 0.2) is 0 Å². The number of carbonyl (C=O) groups is 1. The molecule has 0 saturated carbocycles. The van der Waals surface area contributed by atoms with Gasteiger partial charge in [0, 0.05) is 6.07 Å². The summed E-state index contributed by atoms with van der Waals surface area (Å²) in [6, 6.07) is 11.3. The number of nitrogens with one attached hydrogen (secondary N) is 2. The fourth-order valence-electron chi connectivity index (χ4n) is 2.99. The molecule has 24 heavy (non-hydrogen) atoms. The van der Waals surface area contributed by atoms with E-state index in [9.17, 15) is 20.0 Å². The summed E-state index contributed by atoms with van der Waals surface area (Å²) in [5, 5.41) is 26.5. The van der Waals surface area contributed by atoms with Crippen molar-refractivity contribution in [3.63, 3.8) is 0 Å². The van der Waals surface area contributed by atoms with E-state index in [4.69, 9.17) is 0 Å². The lowest BCUT2D eigenvalue weighted by Crippen LogP contribution is -2.32. The molecular formula is C17H17N3O4. The third-order valence-corrected chi connectivity index (χ3v) is 4.12. The highest BCUT2D eigenvalue weighted by atomic mass is 16.6. The van der Waals surface area contributed by atoms with Crippen molar-refractivity contribution in [3.05, 3.63) is 63.7 Å². The van der Waals surface area contributed by atoms with Crippen molar-refractivity contribution in [2.45, 2.75) is 18.9 Å². The topological polar surface area (TPSA) is 104 Å². The molecule has 3 rings (SSSR count). The van der Waals surface area contributed by atoms with Gasteiger partial charge in [-0.25, -0.2) is 0 Å². The van der Waals surface area contributed by atoms with Gasteiger partial charge in [0.2, 0.25) is 5.91 Å². The van der Waals surface area contributed by atoms with Crippen LogP contribution in [0, 0.1) is 10.1 Å². The largest absolute Gasteiger partial charge is 0.508 e. The maximum absolute atomic E-state index is 12.1. The first-order valence-corrected chi connectivity index (χ1v) is 7.63. The Kier molecular flexibility index (Phi) is 4.33. The van der Waals surface area contributed by atoms with Crippen LogP contribution in [0.25, 0.3) is 0 Å². The Morgan fingerprint density at radius 1 is 1.25 bits per heavy atom. The van der Waals surface area contributed by atoms with E-state index in [0.29, 0.717) is 12.1 Å². The highest BCUT2D eigenvalue weighted by Crippen LogP contribution is 2.36. The van der Waals surface area contributed by atoms with Crippen molar-refractivity contribution >= 4 is 17.3 Å². The van der Waals surface area contributed by atoms with Crippen molar-refractivity contribution in [1.82, 2.24) is 5.32 Å². The van der Waals surface area contributed by atoms with Crippen LogP contribution in [0.2, 0.25) is 0 Å². The molecule has 0 radical (unpaired) electrons. The van der Waals surface area contributed by atoms with Crippen LogP contribution in [0.4, 0.5) is 11.4 Å². The molecule has 0 fully saturated rings. The molecule has 124 valence electrons. The fraction of sp³-hybridized carbons (Fsp3) is 0.235. The van der Waals surface area contributed by atoms with Crippen LogP contribution in [0.1, 0.15) is 23.6 Å². The van der Waals surface area contributed by atoms with Crippen LogP contribution >= 0.6 is 0 Å². The minimum absolute atomic E-state index is 0.0600. The average molecular weight is 327 g/mol. The zero-order chi connectivity index (χ0) is 17.1. The number of rotatable bonds is 5. The molecular weight excluding hydrogens is 310 g/mol. The summed E-state index contributed by atoms with van der Waals surface area (Å²) in [7, 11) is 0. The summed E-state index contributed by atoms with van der Waals surface area (Å²) in [4.78, 5) is 22.6. The second kappa shape index (κ2) is 6.57. The van der Waals surface area contributed by atoms with Crippen molar-refractivity contribution in [2.75, 3.05) is 11.9 Å². The first kappa shape index (κ1) is 15.8. The minimum Gasteiger partial charge on any atom is -0.508 e. The number of hydrogen-bond acceptors (Lipinski definition) is 5. The Morgan fingerprint density at radius 3 is 2.83 bits per heavy atom. The van der Waals surface area contributed by atoms with E-state index < -0.39 is 4.92 Å². The zero-order valence-electron chi connectivity index (χ0n) is 12.9. The van der Waals surface area contributed by atoms with Crippen molar-refractivity contribution in [3.8, 4) is 5.75 Å². The summed E-state index contributed by atoms with van der Waals surface area (Å²) < 4.78 is 0. The molecule has 1 unspecified atom stereocenters. The maximum Gasteiger partial charge on any atom is 0.292 e. The summed E-state index contributed by atoms with van der Waals surface area (Å²) in [6.07, 6.45) is 1.44. The molecule has 2 aromatic rings. The minimum atomic E-state index is -0.490. The lowest BCUT2D eigenvalue weighted by molar-refractivity contribution is -0.383. The summed E-state index contributed by atoms with van der Waals surface area (Å²) in [5.74, 6) is -0.00312. The number of nitro benzene ring substituents is 1. The maximum atomic E-state index is 12.1. The molecule has 3 N–H and O–H groups in total. The van der Waals surface area contributed by atoms with E-state index in [0.717, 1.165) is 17.5 Å². The zero-order valence-corrected chi connectivity index (χ0v) is 12.9. The Balaban J connectivity index is 1.62. The molecule has 1 aliphatic rings. The fourth-order valence-corrected chi connectivity index (χ4v) is 2.99. The third kappa shape index (κ3) is 3.15. The van der Waals surface area contributed by atoms with E-state index in [1.807, 2.05) is 6.07 Å². The number of benzene rings is 2. The van der Waals surface area contributed by atoms with E-state index in [2.05, 4.69) is 10.6 Å². The average Bonchev–Trinajstić information content (AvgIpc) is 2.97. The van der Waals surface area contributed by atoms with Crippen molar-refractivity contribution < 1.29 is 14.8 Å². The van der Waals surface area contributed by atoms with E-state index in [1.54, 1.807) is 30.3 Å². The highest BCUT2D eigenvalue weighted by Gasteiger charge is 2.25. The van der Waals surface area contributed by atoms with Crippen LogP contribution < -0.4 is 10.6 Å². The third-order valence-electron chi connectivity index (χ3n) is 4.12. The Bertz CT molecular complexity index is 791. The molecule has 0 spiro atoms. The molecule has 1 aliphatic carbocycles. The number of nitrogens with zero attached hydrogens (tertiary/aromatic N) is 1. The van der Waals surface area contributed by atoms with Crippen LogP contribution in [0.3, 0.4) is 0 Å². The molecule has 0 bridgehead atoms. The van der Waals surface area contributed by atoms with E-state index in [1.165, 1.54) is 6.07 Å². The molecule has 7 nitrogen and oxygen atoms in total. The van der Waals surface area contributed by atoms with Crippen molar-refractivity contribution in [1.29, 1.82) is 0 Å². The number of hydrogen-bond donors (Lipinski definition) is 3. The van der Waals surface area contributed by atoms with Gasteiger partial charge >= 0.3 is 0 Å². The van der Waals surface area contributed by atoms with Gasteiger partial charge in [-0.1, -0.05) is 24.3 Å². The number of phenols is 1. The monoisotopic (exact) mass is 327 g/mol. The molecule has 1 atom stereocenters. The Hall–Kier alpha value is -3.09. The van der Waals surface area contributed by atoms with E-state index in [-0.39, 0.29) is 29.9 Å². The Morgan fingerprint density at radius 2 is 2.04 bits per heavy atom. The molecule has 0 heterocycles. The number of nitro groups is 1. The van der Waals surface area contributed by atoms with Gasteiger partial charge < -0.3 is 15.7 Å². The molecule has 1 amide bonds. The number of amides is 1. The van der Waals surface area contributed by atoms with Gasteiger partial charge in [0.05, 0.1) is 17.5 Å². The van der Waals surface area contributed by atoms with Crippen molar-refractivity contribution in [2.24, 2.45) is 0 Å². The van der Waals surface area contributed by atoms with Crippen LogP contribution in [-0.4, -0.2) is 22.5 Å². The quantitative estimate of drug-likeness (QED) is 0.578. The predicted molar refractivity (Wildman–Crippen MR) is 88.9 cm³/mol. The number of fused-ring (bicyclic) bond motifs is 1. The second-order valence-corrected chi connectivity index (χ2v) is 5.63. The number of para-hydroxylation sites is 2. The molecule has 0 aliphatic heterocycles. The number of aromatic hydroxyl groups is 1.